The van der Waals surface area contributed by atoms with E-state index < -0.39 is 0 Å². The first-order chi connectivity index (χ1) is 7.74. The van der Waals surface area contributed by atoms with E-state index in [1.54, 1.807) is 0 Å². The molecule has 0 saturated carbocycles. The lowest BCUT2D eigenvalue weighted by Gasteiger charge is -2.18. The van der Waals surface area contributed by atoms with Crippen molar-refractivity contribution in [1.29, 1.82) is 0 Å². The van der Waals surface area contributed by atoms with Gasteiger partial charge in [0.25, 0.3) is 0 Å². The number of rotatable bonds is 6. The summed E-state index contributed by atoms with van der Waals surface area (Å²) in [5, 5.41) is 0. The van der Waals surface area contributed by atoms with E-state index in [-0.39, 0.29) is 5.97 Å². The van der Waals surface area contributed by atoms with Crippen molar-refractivity contribution in [2.75, 3.05) is 18.7 Å². The van der Waals surface area contributed by atoms with Crippen LogP contribution in [0.3, 0.4) is 0 Å². The van der Waals surface area contributed by atoms with Gasteiger partial charge < -0.3 is 9.64 Å². The van der Waals surface area contributed by atoms with Crippen LogP contribution in [0.2, 0.25) is 0 Å². The van der Waals surface area contributed by atoms with Gasteiger partial charge in [0.1, 0.15) is 0 Å². The Hall–Kier alpha value is -1.51. The van der Waals surface area contributed by atoms with Crippen LogP contribution in [0.15, 0.2) is 30.3 Å². The van der Waals surface area contributed by atoms with Crippen molar-refractivity contribution in [2.45, 2.75) is 26.2 Å². The van der Waals surface area contributed by atoms with E-state index in [9.17, 15) is 4.79 Å². The largest absolute Gasteiger partial charge is 0.444 e. The molecule has 0 saturated heterocycles. The molecule has 0 aromatic heterocycles. The standard InChI is InChI=1S/C13H19NO2/c1-3-4-10-13(15)16-11-14(2)12-8-6-5-7-9-12/h5-9H,3-4,10-11H2,1-2H3. The van der Waals surface area contributed by atoms with Crippen LogP contribution >= 0.6 is 0 Å². The van der Waals surface area contributed by atoms with Crippen molar-refractivity contribution in [2.24, 2.45) is 0 Å². The van der Waals surface area contributed by atoms with Gasteiger partial charge in [0.05, 0.1) is 0 Å². The van der Waals surface area contributed by atoms with Crippen LogP contribution < -0.4 is 4.90 Å². The lowest BCUT2D eigenvalue weighted by molar-refractivity contribution is -0.143. The van der Waals surface area contributed by atoms with E-state index in [0.717, 1.165) is 18.5 Å². The highest BCUT2D eigenvalue weighted by Gasteiger charge is 2.04. The summed E-state index contributed by atoms with van der Waals surface area (Å²) in [6, 6.07) is 9.86. The van der Waals surface area contributed by atoms with Crippen LogP contribution in [0, 0.1) is 0 Å². The number of esters is 1. The van der Waals surface area contributed by atoms with E-state index >= 15 is 0 Å². The van der Waals surface area contributed by atoms with E-state index in [2.05, 4.69) is 6.92 Å². The first-order valence-electron chi connectivity index (χ1n) is 5.66. The summed E-state index contributed by atoms with van der Waals surface area (Å²) in [5.74, 6) is -0.121. The molecule has 0 fully saturated rings. The zero-order chi connectivity index (χ0) is 11.8. The first-order valence-corrected chi connectivity index (χ1v) is 5.66. The third-order valence-corrected chi connectivity index (χ3v) is 2.35. The quantitative estimate of drug-likeness (QED) is 0.546. The molecule has 0 heterocycles. The van der Waals surface area contributed by atoms with Crippen molar-refractivity contribution in [3.05, 3.63) is 30.3 Å². The van der Waals surface area contributed by atoms with Gasteiger partial charge in [-0.25, -0.2) is 0 Å². The van der Waals surface area contributed by atoms with Crippen LogP contribution in [0.25, 0.3) is 0 Å². The van der Waals surface area contributed by atoms with E-state index in [4.69, 9.17) is 4.74 Å². The molecule has 0 aliphatic carbocycles. The van der Waals surface area contributed by atoms with Crippen molar-refractivity contribution in [3.8, 4) is 0 Å². The molecule has 16 heavy (non-hydrogen) atoms. The van der Waals surface area contributed by atoms with Crippen LogP contribution in [-0.4, -0.2) is 19.7 Å². The summed E-state index contributed by atoms with van der Waals surface area (Å²) in [4.78, 5) is 13.2. The minimum absolute atomic E-state index is 0.121. The number of nitrogens with zero attached hydrogens (tertiary/aromatic N) is 1. The van der Waals surface area contributed by atoms with Gasteiger partial charge in [-0.3, -0.25) is 4.79 Å². The Morgan fingerprint density at radius 2 is 2.00 bits per heavy atom. The zero-order valence-electron chi connectivity index (χ0n) is 9.98. The normalized spacial score (nSPS) is 9.88. The Kier molecular flexibility index (Phi) is 5.40. The van der Waals surface area contributed by atoms with Crippen molar-refractivity contribution >= 4 is 11.7 Å². The number of unbranched alkanes of at least 4 members (excludes halogenated alkanes) is 1. The molecule has 0 radical (unpaired) electrons. The highest BCUT2D eigenvalue weighted by atomic mass is 16.5. The van der Waals surface area contributed by atoms with Crippen LogP contribution in [0.5, 0.6) is 0 Å². The highest BCUT2D eigenvalue weighted by molar-refractivity contribution is 5.69. The molecule has 0 atom stereocenters. The van der Waals surface area contributed by atoms with Crippen molar-refractivity contribution < 1.29 is 9.53 Å². The molecular weight excluding hydrogens is 202 g/mol. The van der Waals surface area contributed by atoms with Crippen LogP contribution in [0.1, 0.15) is 26.2 Å². The molecule has 1 rings (SSSR count). The number of benzene rings is 1. The molecule has 0 bridgehead atoms. The molecule has 1 aromatic rings. The average Bonchev–Trinajstić information content (AvgIpc) is 2.34. The van der Waals surface area contributed by atoms with E-state index in [0.29, 0.717) is 13.2 Å². The number of anilines is 1. The minimum atomic E-state index is -0.121. The van der Waals surface area contributed by atoms with E-state index in [1.165, 1.54) is 0 Å². The van der Waals surface area contributed by atoms with E-state index in [1.807, 2.05) is 42.3 Å². The molecule has 1 aromatic carbocycles. The molecule has 0 spiro atoms. The fourth-order valence-corrected chi connectivity index (χ4v) is 1.32. The van der Waals surface area contributed by atoms with Gasteiger partial charge in [-0.15, -0.1) is 0 Å². The Labute approximate surface area is 97.0 Å². The predicted molar refractivity (Wildman–Crippen MR) is 65.3 cm³/mol. The second-order valence-electron chi connectivity index (χ2n) is 3.78. The average molecular weight is 221 g/mol. The summed E-state index contributed by atoms with van der Waals surface area (Å²) in [6.45, 7) is 2.37. The number of carbonyl (C=O) groups is 1. The summed E-state index contributed by atoms with van der Waals surface area (Å²) < 4.78 is 5.15. The third kappa shape index (κ3) is 4.34. The van der Waals surface area contributed by atoms with Gasteiger partial charge in [-0.1, -0.05) is 31.5 Å². The Morgan fingerprint density at radius 3 is 2.62 bits per heavy atom. The number of para-hydroxylation sites is 1. The second kappa shape index (κ2) is 6.88. The number of hydrogen-bond acceptors (Lipinski definition) is 3. The molecular formula is C13H19NO2. The molecule has 0 N–H and O–H groups in total. The predicted octanol–water partition coefficient (Wildman–Crippen LogP) is 2.81. The molecule has 0 aliphatic heterocycles. The molecule has 88 valence electrons. The number of carbonyl (C=O) groups excluding carboxylic acids is 1. The maximum atomic E-state index is 11.3. The smallest absolute Gasteiger partial charge is 0.307 e. The Bertz CT molecular complexity index is 311. The van der Waals surface area contributed by atoms with Crippen molar-refractivity contribution in [1.82, 2.24) is 0 Å². The Morgan fingerprint density at radius 1 is 1.31 bits per heavy atom. The summed E-state index contributed by atoms with van der Waals surface area (Å²) >= 11 is 0. The summed E-state index contributed by atoms with van der Waals surface area (Å²) in [6.07, 6.45) is 2.43. The second-order valence-corrected chi connectivity index (χ2v) is 3.78. The van der Waals surface area contributed by atoms with Gasteiger partial charge in [0.15, 0.2) is 6.73 Å². The molecule has 0 amide bonds. The zero-order valence-corrected chi connectivity index (χ0v) is 9.98. The van der Waals surface area contributed by atoms with Gasteiger partial charge in [-0.2, -0.15) is 0 Å². The third-order valence-electron chi connectivity index (χ3n) is 2.35. The monoisotopic (exact) mass is 221 g/mol. The molecule has 0 aliphatic rings. The maximum Gasteiger partial charge on any atom is 0.307 e. The molecule has 3 nitrogen and oxygen atoms in total. The van der Waals surface area contributed by atoms with Gasteiger partial charge in [-0.05, 0) is 18.6 Å². The maximum absolute atomic E-state index is 11.3. The number of ether oxygens (including phenoxy) is 1. The number of hydrogen-bond donors (Lipinski definition) is 0. The van der Waals surface area contributed by atoms with Crippen LogP contribution in [-0.2, 0) is 9.53 Å². The summed E-state index contributed by atoms with van der Waals surface area (Å²) in [5.41, 5.74) is 1.05. The highest BCUT2D eigenvalue weighted by Crippen LogP contribution is 2.10. The van der Waals surface area contributed by atoms with Gasteiger partial charge in [0, 0.05) is 19.2 Å². The lowest BCUT2D eigenvalue weighted by atomic mass is 10.2. The molecule has 0 unspecified atom stereocenters. The minimum Gasteiger partial charge on any atom is -0.444 e. The SMILES string of the molecule is CCCCC(=O)OCN(C)c1ccccc1. The van der Waals surface area contributed by atoms with Crippen molar-refractivity contribution in [3.63, 3.8) is 0 Å². The topological polar surface area (TPSA) is 29.5 Å². The first kappa shape index (κ1) is 12.6. The fraction of sp³-hybridized carbons (Fsp3) is 0.462. The lowest BCUT2D eigenvalue weighted by Crippen LogP contribution is -2.23. The fourth-order valence-electron chi connectivity index (χ4n) is 1.32. The van der Waals surface area contributed by atoms with Gasteiger partial charge >= 0.3 is 5.97 Å². The van der Waals surface area contributed by atoms with Gasteiger partial charge in [0.2, 0.25) is 0 Å². The molecule has 3 heteroatoms. The Balaban J connectivity index is 2.30. The summed E-state index contributed by atoms with van der Waals surface area (Å²) in [7, 11) is 1.91. The van der Waals surface area contributed by atoms with Crippen LogP contribution in [0.4, 0.5) is 5.69 Å².